The number of H-pyrrole nitrogens is 1. The molecule has 12 heteroatoms. The van der Waals surface area contributed by atoms with Crippen molar-refractivity contribution in [3.63, 3.8) is 0 Å². The number of hydrogen-bond acceptors (Lipinski definition) is 7. The maximum atomic E-state index is 13.4. The van der Waals surface area contributed by atoms with Gasteiger partial charge in [-0.2, -0.15) is 12.6 Å². The molecular weight excluding hydrogens is 522 g/mol. The third kappa shape index (κ3) is 8.06. The minimum absolute atomic E-state index is 0.00981. The Morgan fingerprint density at radius 3 is 2.18 bits per heavy atom. The molecule has 3 amide bonds. The van der Waals surface area contributed by atoms with E-state index in [1.54, 1.807) is 36.5 Å². The van der Waals surface area contributed by atoms with Gasteiger partial charge in [0.2, 0.25) is 17.7 Å². The zero-order chi connectivity index (χ0) is 28.5. The van der Waals surface area contributed by atoms with Gasteiger partial charge in [0, 0.05) is 35.7 Å². The average molecular weight is 556 g/mol. The third-order valence-corrected chi connectivity index (χ3v) is 6.62. The first kappa shape index (κ1) is 29.7. The van der Waals surface area contributed by atoms with Crippen LogP contribution in [0.1, 0.15) is 18.1 Å². The van der Waals surface area contributed by atoms with Crippen molar-refractivity contribution in [2.24, 2.45) is 5.73 Å². The lowest BCUT2D eigenvalue weighted by molar-refractivity contribution is -0.142. The fourth-order valence-corrected chi connectivity index (χ4v) is 4.23. The molecule has 0 fully saturated rings. The molecule has 0 saturated heterocycles. The highest BCUT2D eigenvalue weighted by Crippen LogP contribution is 2.19. The number of aliphatic carboxylic acids is 1. The summed E-state index contributed by atoms with van der Waals surface area (Å²) in [5.74, 6) is -3.49. The summed E-state index contributed by atoms with van der Waals surface area (Å²) in [6.07, 6.45) is 0.428. The first-order valence-electron chi connectivity index (χ1n) is 12.4. The van der Waals surface area contributed by atoms with E-state index in [1.807, 2.05) is 24.3 Å². The zero-order valence-electron chi connectivity index (χ0n) is 21.3. The minimum Gasteiger partial charge on any atom is -0.480 e. The highest BCUT2D eigenvalue weighted by Gasteiger charge is 2.33. The number of aliphatic hydroxyl groups is 1. The molecule has 0 aliphatic heterocycles. The second-order valence-electron chi connectivity index (χ2n) is 9.23. The van der Waals surface area contributed by atoms with Crippen molar-refractivity contribution in [2.45, 2.75) is 50.0 Å². The number of carbonyl (C=O) groups excluding carboxylic acids is 3. The van der Waals surface area contributed by atoms with E-state index in [-0.39, 0.29) is 18.6 Å². The number of para-hydroxylation sites is 1. The van der Waals surface area contributed by atoms with Gasteiger partial charge in [0.25, 0.3) is 0 Å². The Bertz CT molecular complexity index is 1300. The number of aromatic amines is 1. The van der Waals surface area contributed by atoms with Crippen molar-refractivity contribution < 1.29 is 29.4 Å². The number of thiol groups is 1. The number of nitrogens with one attached hydrogen (secondary N) is 4. The van der Waals surface area contributed by atoms with Crippen molar-refractivity contribution in [1.82, 2.24) is 20.9 Å². The summed E-state index contributed by atoms with van der Waals surface area (Å²) in [6, 6.07) is 11.3. The number of aliphatic hydroxyl groups excluding tert-OH is 1. The molecule has 5 unspecified atom stereocenters. The highest BCUT2D eigenvalue weighted by molar-refractivity contribution is 7.80. The number of carbonyl (C=O) groups is 4. The van der Waals surface area contributed by atoms with Gasteiger partial charge in [0.1, 0.15) is 18.1 Å². The second-order valence-corrected chi connectivity index (χ2v) is 9.60. The predicted octanol–water partition coefficient (Wildman–Crippen LogP) is 0.130. The number of fused-ring (bicyclic) bond motifs is 1. The van der Waals surface area contributed by atoms with Gasteiger partial charge in [0.15, 0.2) is 0 Å². The van der Waals surface area contributed by atoms with Gasteiger partial charge in [-0.25, -0.2) is 4.79 Å². The van der Waals surface area contributed by atoms with Crippen LogP contribution < -0.4 is 21.7 Å². The van der Waals surface area contributed by atoms with Crippen molar-refractivity contribution in [2.75, 3.05) is 5.75 Å². The number of nitrogens with two attached hydrogens (primary N) is 1. The fourth-order valence-electron chi connectivity index (χ4n) is 4.06. The SMILES string of the molecule is CC(O)C(NC(=O)C(N)CS)C(=O)NC(Cc1c[nH]c2ccccc12)C(=O)NC(Cc1ccccc1)C(=O)O. The third-order valence-electron chi connectivity index (χ3n) is 6.23. The summed E-state index contributed by atoms with van der Waals surface area (Å²) in [4.78, 5) is 54.0. The van der Waals surface area contributed by atoms with E-state index in [1.165, 1.54) is 6.92 Å². The van der Waals surface area contributed by atoms with E-state index in [2.05, 4.69) is 33.6 Å². The molecule has 208 valence electrons. The van der Waals surface area contributed by atoms with Crippen LogP contribution >= 0.6 is 12.6 Å². The molecule has 2 aromatic carbocycles. The van der Waals surface area contributed by atoms with E-state index in [0.29, 0.717) is 11.1 Å². The summed E-state index contributed by atoms with van der Waals surface area (Å²) in [6.45, 7) is 1.31. The van der Waals surface area contributed by atoms with Gasteiger partial charge in [0.05, 0.1) is 12.1 Å². The van der Waals surface area contributed by atoms with E-state index in [4.69, 9.17) is 5.73 Å². The topological polar surface area (TPSA) is 187 Å². The number of rotatable bonds is 13. The zero-order valence-corrected chi connectivity index (χ0v) is 22.2. The lowest BCUT2D eigenvalue weighted by Gasteiger charge is -2.26. The van der Waals surface area contributed by atoms with Crippen LogP contribution in [0.4, 0.5) is 0 Å². The predicted molar refractivity (Wildman–Crippen MR) is 149 cm³/mol. The molecule has 1 heterocycles. The molecule has 5 atom stereocenters. The quantitative estimate of drug-likeness (QED) is 0.138. The van der Waals surface area contributed by atoms with Crippen molar-refractivity contribution in [1.29, 1.82) is 0 Å². The molecule has 0 bridgehead atoms. The van der Waals surface area contributed by atoms with E-state index in [9.17, 15) is 29.4 Å². The van der Waals surface area contributed by atoms with Gasteiger partial charge in [-0.1, -0.05) is 48.5 Å². The summed E-state index contributed by atoms with van der Waals surface area (Å²) in [5, 5.41) is 28.3. The lowest BCUT2D eigenvalue weighted by Crippen LogP contribution is -2.60. The largest absolute Gasteiger partial charge is 0.480 e. The van der Waals surface area contributed by atoms with Gasteiger partial charge in [-0.15, -0.1) is 0 Å². The van der Waals surface area contributed by atoms with Crippen LogP contribution in [-0.2, 0) is 32.0 Å². The maximum Gasteiger partial charge on any atom is 0.326 e. The Kier molecular flexibility index (Phi) is 10.5. The minimum atomic E-state index is -1.42. The van der Waals surface area contributed by atoms with E-state index >= 15 is 0 Å². The summed E-state index contributed by atoms with van der Waals surface area (Å²) in [5.41, 5.74) is 7.91. The van der Waals surface area contributed by atoms with E-state index in [0.717, 1.165) is 10.9 Å². The first-order valence-corrected chi connectivity index (χ1v) is 13.0. The summed E-state index contributed by atoms with van der Waals surface area (Å²) < 4.78 is 0. The molecule has 0 spiro atoms. The van der Waals surface area contributed by atoms with Gasteiger partial charge >= 0.3 is 5.97 Å². The lowest BCUT2D eigenvalue weighted by atomic mass is 10.0. The van der Waals surface area contributed by atoms with Crippen LogP contribution in [0.3, 0.4) is 0 Å². The number of carboxylic acid groups (broad SMARTS) is 1. The van der Waals surface area contributed by atoms with E-state index < -0.39 is 54.0 Å². The molecule has 0 aliphatic carbocycles. The molecule has 3 rings (SSSR count). The molecular formula is C27H33N5O6S. The Morgan fingerprint density at radius 2 is 1.54 bits per heavy atom. The summed E-state index contributed by atoms with van der Waals surface area (Å²) >= 11 is 3.97. The van der Waals surface area contributed by atoms with Crippen LogP contribution in [0.25, 0.3) is 10.9 Å². The summed E-state index contributed by atoms with van der Waals surface area (Å²) in [7, 11) is 0. The Balaban J connectivity index is 1.86. The molecule has 1 aromatic heterocycles. The van der Waals surface area contributed by atoms with Crippen LogP contribution in [0.15, 0.2) is 60.8 Å². The van der Waals surface area contributed by atoms with Crippen molar-refractivity contribution in [3.8, 4) is 0 Å². The molecule has 0 saturated carbocycles. The molecule has 11 nitrogen and oxygen atoms in total. The second kappa shape index (κ2) is 13.8. The van der Waals surface area contributed by atoms with Crippen LogP contribution in [0.2, 0.25) is 0 Å². The smallest absolute Gasteiger partial charge is 0.326 e. The Morgan fingerprint density at radius 1 is 0.897 bits per heavy atom. The Hall–Kier alpha value is -3.87. The van der Waals surface area contributed by atoms with Crippen molar-refractivity contribution in [3.05, 3.63) is 71.9 Å². The van der Waals surface area contributed by atoms with Crippen LogP contribution in [0.5, 0.6) is 0 Å². The maximum absolute atomic E-state index is 13.4. The number of carboxylic acids is 1. The molecule has 0 radical (unpaired) electrons. The molecule has 8 N–H and O–H groups in total. The molecule has 39 heavy (non-hydrogen) atoms. The number of hydrogen-bond donors (Lipinski definition) is 8. The fraction of sp³-hybridized carbons (Fsp3) is 0.333. The molecule has 3 aromatic rings. The first-order chi connectivity index (χ1) is 18.6. The average Bonchev–Trinajstić information content (AvgIpc) is 3.33. The monoisotopic (exact) mass is 555 g/mol. The van der Waals surface area contributed by atoms with Gasteiger partial charge in [-0.05, 0) is 24.1 Å². The van der Waals surface area contributed by atoms with Crippen LogP contribution in [-0.4, -0.2) is 74.9 Å². The number of aromatic nitrogens is 1. The van der Waals surface area contributed by atoms with Gasteiger partial charge < -0.3 is 36.9 Å². The standard InChI is InChI=1S/C27H33N5O6S/c1-15(33)23(32-24(34)19(28)14-39)26(36)30-21(12-17-13-29-20-10-6-5-9-18(17)20)25(35)31-22(27(37)38)11-16-7-3-2-4-8-16/h2-10,13,15,19,21-23,29,33,39H,11-12,14,28H2,1H3,(H,30,36)(H,31,35)(H,32,34)(H,37,38). The van der Waals surface area contributed by atoms with Gasteiger partial charge in [-0.3, -0.25) is 14.4 Å². The van der Waals surface area contributed by atoms with Crippen LogP contribution in [0, 0.1) is 0 Å². The highest BCUT2D eigenvalue weighted by atomic mass is 32.1. The number of benzene rings is 2. The normalized spacial score (nSPS) is 15.0. The van der Waals surface area contributed by atoms with Crippen molar-refractivity contribution >= 4 is 47.2 Å². The molecule has 0 aliphatic rings. The number of amides is 3. The Labute approximate surface area is 231 Å².